The summed E-state index contributed by atoms with van der Waals surface area (Å²) in [5.74, 6) is 1.12. The molecule has 0 aliphatic rings. The molecule has 1 heterocycles. The third-order valence-electron chi connectivity index (χ3n) is 2.80. The molecule has 0 amide bonds. The van der Waals surface area contributed by atoms with Gasteiger partial charge in [-0.05, 0) is 30.3 Å². The third kappa shape index (κ3) is 4.44. The first-order chi connectivity index (χ1) is 10.8. The van der Waals surface area contributed by atoms with Gasteiger partial charge < -0.3 is 10.1 Å². The second-order valence-corrected chi connectivity index (χ2v) is 6.98. The molecule has 0 aliphatic heterocycles. The summed E-state index contributed by atoms with van der Waals surface area (Å²) < 4.78 is 31.9. The van der Waals surface area contributed by atoms with E-state index in [1.165, 1.54) is 20.2 Å². The van der Waals surface area contributed by atoms with E-state index in [9.17, 15) is 8.42 Å². The minimum atomic E-state index is -3.62. The Bertz CT molecular complexity index is 781. The van der Waals surface area contributed by atoms with E-state index in [1.807, 2.05) is 0 Å². The van der Waals surface area contributed by atoms with Crippen molar-refractivity contribution < 1.29 is 13.2 Å². The number of aromatic nitrogens is 2. The summed E-state index contributed by atoms with van der Waals surface area (Å²) in [5, 5.41) is 11.3. The fraction of sp³-hybridized carbons (Fsp3) is 0.231. The largest absolute Gasteiger partial charge is 0.495 e. The Morgan fingerprint density at radius 2 is 1.78 bits per heavy atom. The van der Waals surface area contributed by atoms with Crippen molar-refractivity contribution in [3.8, 4) is 5.75 Å². The Kier molecular flexibility index (Phi) is 5.24. The number of nitrogens with zero attached hydrogens (tertiary/aromatic N) is 3. The molecular formula is C13H16ClN5O3S. The zero-order valence-electron chi connectivity index (χ0n) is 12.7. The van der Waals surface area contributed by atoms with E-state index in [0.29, 0.717) is 22.3 Å². The van der Waals surface area contributed by atoms with Crippen LogP contribution < -0.4 is 14.8 Å². The maximum Gasteiger partial charge on any atom is 0.302 e. The number of methoxy groups -OCH3 is 1. The van der Waals surface area contributed by atoms with Crippen LogP contribution in [0.3, 0.4) is 0 Å². The summed E-state index contributed by atoms with van der Waals surface area (Å²) in [6, 6.07) is 8.19. The number of nitrogens with one attached hydrogen (secondary N) is 2. The van der Waals surface area contributed by atoms with Gasteiger partial charge in [0.2, 0.25) is 0 Å². The molecule has 124 valence electrons. The van der Waals surface area contributed by atoms with Crippen molar-refractivity contribution in [2.45, 2.75) is 0 Å². The van der Waals surface area contributed by atoms with E-state index in [-0.39, 0.29) is 5.82 Å². The van der Waals surface area contributed by atoms with Crippen LogP contribution in [0.4, 0.5) is 17.3 Å². The van der Waals surface area contributed by atoms with Crippen molar-refractivity contribution in [1.29, 1.82) is 0 Å². The van der Waals surface area contributed by atoms with Crippen molar-refractivity contribution in [2.24, 2.45) is 0 Å². The van der Waals surface area contributed by atoms with Crippen LogP contribution in [0.15, 0.2) is 30.3 Å². The van der Waals surface area contributed by atoms with E-state index >= 15 is 0 Å². The number of hydrogen-bond acceptors (Lipinski definition) is 6. The smallest absolute Gasteiger partial charge is 0.302 e. The first kappa shape index (κ1) is 17.3. The summed E-state index contributed by atoms with van der Waals surface area (Å²) in [7, 11) is 0.752. The van der Waals surface area contributed by atoms with E-state index < -0.39 is 10.2 Å². The number of benzene rings is 1. The van der Waals surface area contributed by atoms with E-state index in [0.717, 1.165) is 4.31 Å². The lowest BCUT2D eigenvalue weighted by Crippen LogP contribution is -2.29. The zero-order valence-corrected chi connectivity index (χ0v) is 14.3. The topological polar surface area (TPSA) is 96.5 Å². The Labute approximate surface area is 139 Å². The fourth-order valence-corrected chi connectivity index (χ4v) is 2.32. The molecule has 0 radical (unpaired) electrons. The van der Waals surface area contributed by atoms with Crippen LogP contribution in [0, 0.1) is 0 Å². The van der Waals surface area contributed by atoms with Gasteiger partial charge in [0.1, 0.15) is 5.75 Å². The van der Waals surface area contributed by atoms with Crippen LogP contribution in [0.5, 0.6) is 5.75 Å². The molecule has 1 aromatic carbocycles. The molecule has 2 rings (SSSR count). The van der Waals surface area contributed by atoms with Crippen molar-refractivity contribution in [3.05, 3.63) is 35.4 Å². The number of anilines is 3. The zero-order chi connectivity index (χ0) is 17.0. The second-order valence-electron chi connectivity index (χ2n) is 4.66. The maximum absolute atomic E-state index is 11.7. The predicted molar refractivity (Wildman–Crippen MR) is 89.5 cm³/mol. The van der Waals surface area contributed by atoms with Crippen molar-refractivity contribution in [2.75, 3.05) is 31.2 Å². The molecule has 8 nitrogen and oxygen atoms in total. The van der Waals surface area contributed by atoms with Gasteiger partial charge in [-0.2, -0.15) is 12.7 Å². The van der Waals surface area contributed by atoms with Crippen LogP contribution in [-0.4, -0.2) is 44.1 Å². The van der Waals surface area contributed by atoms with Gasteiger partial charge in [0.25, 0.3) is 0 Å². The Morgan fingerprint density at radius 1 is 1.13 bits per heavy atom. The average molecular weight is 358 g/mol. The summed E-state index contributed by atoms with van der Waals surface area (Å²) >= 11 is 5.95. The minimum Gasteiger partial charge on any atom is -0.495 e. The standard InChI is InChI=1S/C13H16ClN5O3S/c1-19(2)23(20,21)18-13-7-6-12(16-17-13)15-10-8-9(14)4-5-11(10)22-3/h4-8H,1-3H3,(H,15,16)(H,17,18). The number of halogens is 1. The highest BCUT2D eigenvalue weighted by Gasteiger charge is 2.14. The van der Waals surface area contributed by atoms with Gasteiger partial charge in [0, 0.05) is 19.1 Å². The minimum absolute atomic E-state index is 0.113. The molecular weight excluding hydrogens is 342 g/mol. The van der Waals surface area contributed by atoms with Crippen molar-refractivity contribution in [3.63, 3.8) is 0 Å². The van der Waals surface area contributed by atoms with Crippen LogP contribution >= 0.6 is 11.6 Å². The number of hydrogen-bond donors (Lipinski definition) is 2. The molecule has 0 aliphatic carbocycles. The van der Waals surface area contributed by atoms with E-state index in [4.69, 9.17) is 16.3 Å². The molecule has 10 heteroatoms. The highest BCUT2D eigenvalue weighted by molar-refractivity contribution is 7.90. The molecule has 23 heavy (non-hydrogen) atoms. The van der Waals surface area contributed by atoms with Gasteiger partial charge in [-0.1, -0.05) is 11.6 Å². The van der Waals surface area contributed by atoms with Gasteiger partial charge in [0.15, 0.2) is 11.6 Å². The van der Waals surface area contributed by atoms with Crippen LogP contribution in [0.1, 0.15) is 0 Å². The quantitative estimate of drug-likeness (QED) is 0.821. The summed E-state index contributed by atoms with van der Waals surface area (Å²) in [6.07, 6.45) is 0. The Hall–Kier alpha value is -2.10. The molecule has 0 saturated carbocycles. The lowest BCUT2D eigenvalue weighted by Gasteiger charge is -2.13. The van der Waals surface area contributed by atoms with E-state index in [2.05, 4.69) is 20.2 Å². The van der Waals surface area contributed by atoms with Gasteiger partial charge in [0.05, 0.1) is 12.8 Å². The first-order valence-corrected chi connectivity index (χ1v) is 8.28. The summed E-state index contributed by atoms with van der Waals surface area (Å²) in [5.41, 5.74) is 0.621. The van der Waals surface area contributed by atoms with Crippen molar-refractivity contribution >= 4 is 39.1 Å². The van der Waals surface area contributed by atoms with Crippen LogP contribution in [0.25, 0.3) is 0 Å². The molecule has 1 aromatic heterocycles. The summed E-state index contributed by atoms with van der Waals surface area (Å²) in [6.45, 7) is 0. The fourth-order valence-electron chi connectivity index (χ4n) is 1.59. The molecule has 0 spiro atoms. The maximum atomic E-state index is 11.7. The molecule has 2 N–H and O–H groups in total. The molecule has 0 atom stereocenters. The van der Waals surface area contributed by atoms with Crippen LogP contribution in [-0.2, 0) is 10.2 Å². The van der Waals surface area contributed by atoms with Gasteiger partial charge in [-0.15, -0.1) is 10.2 Å². The molecule has 2 aromatic rings. The second kappa shape index (κ2) is 6.99. The highest BCUT2D eigenvalue weighted by Crippen LogP contribution is 2.29. The lowest BCUT2D eigenvalue weighted by molar-refractivity contribution is 0.417. The summed E-state index contributed by atoms with van der Waals surface area (Å²) in [4.78, 5) is 0. The van der Waals surface area contributed by atoms with Crippen LogP contribution in [0.2, 0.25) is 5.02 Å². The lowest BCUT2D eigenvalue weighted by atomic mass is 10.3. The third-order valence-corrected chi connectivity index (χ3v) is 4.47. The normalized spacial score (nSPS) is 11.3. The predicted octanol–water partition coefficient (Wildman–Crippen LogP) is 2.10. The number of ether oxygens (including phenoxy) is 1. The van der Waals surface area contributed by atoms with Gasteiger partial charge >= 0.3 is 10.2 Å². The average Bonchev–Trinajstić information content (AvgIpc) is 2.49. The van der Waals surface area contributed by atoms with Crippen molar-refractivity contribution in [1.82, 2.24) is 14.5 Å². The Balaban J connectivity index is 2.16. The van der Waals surface area contributed by atoms with Gasteiger partial charge in [-0.25, -0.2) is 0 Å². The molecule has 0 bridgehead atoms. The monoisotopic (exact) mass is 357 g/mol. The Morgan fingerprint density at radius 3 is 2.35 bits per heavy atom. The van der Waals surface area contributed by atoms with E-state index in [1.54, 1.807) is 31.4 Å². The number of rotatable bonds is 6. The molecule has 0 saturated heterocycles. The molecule has 0 unspecified atom stereocenters. The SMILES string of the molecule is COc1ccc(Cl)cc1Nc1ccc(NS(=O)(=O)N(C)C)nn1. The first-order valence-electron chi connectivity index (χ1n) is 6.46. The van der Waals surface area contributed by atoms with Gasteiger partial charge in [-0.3, -0.25) is 4.72 Å². The highest BCUT2D eigenvalue weighted by atomic mass is 35.5. The molecule has 0 fully saturated rings.